The molecule has 8 heteroatoms. The molecule has 0 radical (unpaired) electrons. The Morgan fingerprint density at radius 3 is 1.90 bits per heavy atom. The third-order valence-corrected chi connectivity index (χ3v) is 7.59. The summed E-state index contributed by atoms with van der Waals surface area (Å²) in [5, 5.41) is 12.3. The van der Waals surface area contributed by atoms with Gasteiger partial charge in [0.15, 0.2) is 0 Å². The summed E-state index contributed by atoms with van der Waals surface area (Å²) in [5.41, 5.74) is 0.493. The van der Waals surface area contributed by atoms with Crippen LogP contribution < -0.4 is 5.32 Å². The number of ether oxygens (including phenoxy) is 2. The van der Waals surface area contributed by atoms with Gasteiger partial charge in [-0.2, -0.15) is 0 Å². The van der Waals surface area contributed by atoms with Crippen molar-refractivity contribution in [1.82, 2.24) is 5.32 Å². The number of rotatable bonds is 15. The Labute approximate surface area is 191 Å². The lowest BCUT2D eigenvalue weighted by Gasteiger charge is -2.31. The number of amides is 1. The lowest BCUT2D eigenvalue weighted by atomic mass is 9.93. The van der Waals surface area contributed by atoms with Crippen LogP contribution in [0.4, 0.5) is 0 Å². The Bertz CT molecular complexity index is 513. The molecule has 1 amide bonds. The molecule has 0 rings (SSSR count). The molecule has 0 aromatic carbocycles. The van der Waals surface area contributed by atoms with Gasteiger partial charge in [0.1, 0.15) is 6.04 Å². The number of carboxylic acid groups (broad SMARTS) is 1. The fourth-order valence-electron chi connectivity index (χ4n) is 2.22. The number of carbonyl (C=O) groups is 2. The quantitative estimate of drug-likeness (QED) is 0.260. The van der Waals surface area contributed by atoms with Gasteiger partial charge in [-0.05, 0) is 37.5 Å². The highest BCUT2D eigenvalue weighted by Gasteiger charge is 2.37. The van der Waals surface area contributed by atoms with Crippen LogP contribution in [0.25, 0.3) is 0 Å². The first kappa shape index (κ1) is 29.6. The molecule has 0 aliphatic carbocycles. The first-order chi connectivity index (χ1) is 13.6. The van der Waals surface area contributed by atoms with Crippen molar-refractivity contribution in [1.29, 1.82) is 0 Å². The zero-order valence-corrected chi connectivity index (χ0v) is 21.8. The molecule has 0 fully saturated rings. The average Bonchev–Trinajstić information content (AvgIpc) is 2.56. The Hall–Kier alpha value is -0.440. The highest BCUT2D eigenvalue weighted by molar-refractivity contribution is 8.77. The summed E-state index contributed by atoms with van der Waals surface area (Å²) in [6.07, 6.45) is 2.15. The van der Waals surface area contributed by atoms with Crippen LogP contribution in [0, 0.1) is 10.8 Å². The molecular weight excluding hydrogens is 422 g/mol. The van der Waals surface area contributed by atoms with Crippen molar-refractivity contribution in [2.24, 2.45) is 10.8 Å². The summed E-state index contributed by atoms with van der Waals surface area (Å²) in [6.45, 7) is 18.6. The van der Waals surface area contributed by atoms with Crippen molar-refractivity contribution < 1.29 is 24.2 Å². The van der Waals surface area contributed by atoms with E-state index in [-0.39, 0.29) is 29.8 Å². The first-order valence-electron chi connectivity index (χ1n) is 10.6. The van der Waals surface area contributed by atoms with Gasteiger partial charge < -0.3 is 19.9 Å². The predicted octanol–water partition coefficient (Wildman–Crippen LogP) is 5.01. The van der Waals surface area contributed by atoms with Crippen LogP contribution in [0.1, 0.15) is 74.7 Å². The topological polar surface area (TPSA) is 84.9 Å². The second kappa shape index (κ2) is 13.9. The van der Waals surface area contributed by atoms with Crippen molar-refractivity contribution in [3.8, 4) is 0 Å². The molecule has 1 atom stereocenters. The van der Waals surface area contributed by atoms with Gasteiger partial charge in [0.05, 0.1) is 24.6 Å². The molecule has 178 valence electrons. The molecule has 0 saturated carbocycles. The van der Waals surface area contributed by atoms with Crippen LogP contribution in [0.2, 0.25) is 0 Å². The van der Waals surface area contributed by atoms with Crippen molar-refractivity contribution in [3.05, 3.63) is 0 Å². The largest absolute Gasteiger partial charge is 0.480 e. The number of carbonyl (C=O) groups excluding carboxylic acids is 1. The molecule has 0 aliphatic rings. The standard InChI is InChI=1S/C22H43NO5S2/c1-20(2,3)10-13-28-15-14-27-12-9-17(24)23-18(19(25)26)22(7,8)30-29-16-11-21(4,5)6/h18H,9-16H2,1-8H3,(H,23,24)(H,25,26)/t18-/m1/s1. The Morgan fingerprint density at radius 2 is 1.40 bits per heavy atom. The number of carboxylic acids is 1. The second-order valence-corrected chi connectivity index (χ2v) is 13.5. The minimum Gasteiger partial charge on any atom is -0.480 e. The molecule has 0 aromatic heterocycles. The minimum atomic E-state index is -1.02. The van der Waals surface area contributed by atoms with Crippen molar-refractivity contribution in [2.75, 3.05) is 32.2 Å². The van der Waals surface area contributed by atoms with Crippen molar-refractivity contribution in [3.63, 3.8) is 0 Å². The van der Waals surface area contributed by atoms with Crippen LogP contribution >= 0.6 is 21.6 Å². The van der Waals surface area contributed by atoms with Gasteiger partial charge in [0.25, 0.3) is 0 Å². The minimum absolute atomic E-state index is 0.129. The van der Waals surface area contributed by atoms with Gasteiger partial charge in [-0.1, -0.05) is 63.1 Å². The molecule has 0 saturated heterocycles. The SMILES string of the molecule is CC(C)(C)CCOCCOCCC(=O)N[C@H](C(=O)O)C(C)(C)SSCCC(C)(C)C. The van der Waals surface area contributed by atoms with Crippen LogP contribution in [0.15, 0.2) is 0 Å². The van der Waals surface area contributed by atoms with Gasteiger partial charge in [-0.15, -0.1) is 0 Å². The summed E-state index contributed by atoms with van der Waals surface area (Å²) in [4.78, 5) is 23.9. The van der Waals surface area contributed by atoms with Gasteiger partial charge in [-0.3, -0.25) is 4.79 Å². The Kier molecular flexibility index (Phi) is 13.7. The van der Waals surface area contributed by atoms with Gasteiger partial charge in [0, 0.05) is 18.8 Å². The van der Waals surface area contributed by atoms with E-state index in [1.807, 2.05) is 13.8 Å². The third kappa shape index (κ3) is 16.3. The average molecular weight is 466 g/mol. The van der Waals surface area contributed by atoms with Crippen LogP contribution in [-0.4, -0.2) is 60.0 Å². The van der Waals surface area contributed by atoms with E-state index in [1.54, 1.807) is 10.8 Å². The van der Waals surface area contributed by atoms with Crippen molar-refractivity contribution in [2.45, 2.75) is 85.4 Å². The Morgan fingerprint density at radius 1 is 0.867 bits per heavy atom. The molecule has 0 aliphatic heterocycles. The number of hydrogen-bond acceptors (Lipinski definition) is 6. The molecule has 0 heterocycles. The molecule has 6 nitrogen and oxygen atoms in total. The molecular formula is C22H43NO5S2. The molecule has 0 bridgehead atoms. The van der Waals surface area contributed by atoms with Gasteiger partial charge in [-0.25, -0.2) is 4.79 Å². The number of aliphatic carboxylic acids is 1. The van der Waals surface area contributed by atoms with E-state index in [2.05, 4.69) is 46.9 Å². The monoisotopic (exact) mass is 465 g/mol. The van der Waals surface area contributed by atoms with E-state index >= 15 is 0 Å². The highest BCUT2D eigenvalue weighted by atomic mass is 33.1. The summed E-state index contributed by atoms with van der Waals surface area (Å²) < 4.78 is 10.3. The fraction of sp³-hybridized carbons (Fsp3) is 0.909. The molecule has 30 heavy (non-hydrogen) atoms. The fourth-order valence-corrected chi connectivity index (χ4v) is 5.26. The predicted molar refractivity (Wildman–Crippen MR) is 128 cm³/mol. The molecule has 0 aromatic rings. The summed E-state index contributed by atoms with van der Waals surface area (Å²) in [5.74, 6) is -0.404. The summed E-state index contributed by atoms with van der Waals surface area (Å²) in [6, 6.07) is -0.960. The summed E-state index contributed by atoms with van der Waals surface area (Å²) in [7, 11) is 3.17. The maximum Gasteiger partial charge on any atom is 0.327 e. The lowest BCUT2D eigenvalue weighted by Crippen LogP contribution is -2.52. The van der Waals surface area contributed by atoms with E-state index in [1.165, 1.54) is 10.8 Å². The second-order valence-electron chi connectivity index (χ2n) is 10.4. The first-order valence-corrected chi connectivity index (χ1v) is 12.9. The molecule has 0 unspecified atom stereocenters. The van der Waals surface area contributed by atoms with Crippen LogP contribution in [-0.2, 0) is 19.1 Å². The van der Waals surface area contributed by atoms with Crippen molar-refractivity contribution >= 4 is 33.5 Å². The normalized spacial score (nSPS) is 13.9. The van der Waals surface area contributed by atoms with Gasteiger partial charge >= 0.3 is 5.97 Å². The van der Waals surface area contributed by atoms with E-state index in [0.717, 1.165) is 18.6 Å². The van der Waals surface area contributed by atoms with E-state index < -0.39 is 16.8 Å². The van der Waals surface area contributed by atoms with E-state index in [4.69, 9.17) is 9.47 Å². The maximum absolute atomic E-state index is 12.2. The third-order valence-electron chi connectivity index (χ3n) is 4.30. The maximum atomic E-state index is 12.2. The number of hydrogen-bond donors (Lipinski definition) is 2. The lowest BCUT2D eigenvalue weighted by molar-refractivity contribution is -0.142. The summed E-state index contributed by atoms with van der Waals surface area (Å²) >= 11 is 0. The van der Waals surface area contributed by atoms with Gasteiger partial charge in [0.2, 0.25) is 5.91 Å². The molecule has 0 spiro atoms. The smallest absolute Gasteiger partial charge is 0.327 e. The van der Waals surface area contributed by atoms with E-state index in [9.17, 15) is 14.7 Å². The zero-order valence-electron chi connectivity index (χ0n) is 20.1. The number of nitrogens with one attached hydrogen (secondary N) is 1. The zero-order chi connectivity index (χ0) is 23.4. The molecule has 2 N–H and O–H groups in total. The van der Waals surface area contributed by atoms with Crippen LogP contribution in [0.3, 0.4) is 0 Å². The van der Waals surface area contributed by atoms with Crippen LogP contribution in [0.5, 0.6) is 0 Å². The Balaban J connectivity index is 4.19. The van der Waals surface area contributed by atoms with E-state index in [0.29, 0.717) is 19.8 Å². The highest BCUT2D eigenvalue weighted by Crippen LogP contribution is 2.39.